The van der Waals surface area contributed by atoms with E-state index >= 15 is 0 Å². The Hall–Kier alpha value is -1.09. The molecule has 13 heavy (non-hydrogen) atoms. The molecule has 1 aliphatic rings. The van der Waals surface area contributed by atoms with Crippen LogP contribution in [-0.4, -0.2) is 15.8 Å². The second-order valence-corrected chi connectivity index (χ2v) is 3.50. The molecule has 1 aromatic heterocycles. The van der Waals surface area contributed by atoms with E-state index in [-0.39, 0.29) is 5.91 Å². The maximum Gasteiger partial charge on any atom is 0.220 e. The van der Waals surface area contributed by atoms with Crippen molar-refractivity contribution in [1.82, 2.24) is 9.88 Å². The number of hydrogen-bond donors (Lipinski definition) is 0. The van der Waals surface area contributed by atoms with Crippen LogP contribution in [0.5, 0.6) is 0 Å². The molecule has 1 amide bonds. The van der Waals surface area contributed by atoms with E-state index in [1.165, 1.54) is 0 Å². The SMILES string of the molecule is CC(=O)N1Cc2ccc(Cl)nc2C1. The van der Waals surface area contributed by atoms with Crippen LogP contribution in [0.3, 0.4) is 0 Å². The van der Waals surface area contributed by atoms with E-state index in [0.717, 1.165) is 11.3 Å². The Morgan fingerprint density at radius 2 is 2.31 bits per heavy atom. The Kier molecular flexibility index (Phi) is 1.96. The lowest BCUT2D eigenvalue weighted by Gasteiger charge is -2.10. The minimum absolute atomic E-state index is 0.0779. The van der Waals surface area contributed by atoms with Crippen molar-refractivity contribution in [3.05, 3.63) is 28.5 Å². The Bertz CT molecular complexity index is 365. The van der Waals surface area contributed by atoms with E-state index in [1.807, 2.05) is 6.07 Å². The van der Waals surface area contributed by atoms with Gasteiger partial charge in [-0.3, -0.25) is 4.79 Å². The summed E-state index contributed by atoms with van der Waals surface area (Å²) in [6.45, 7) is 2.81. The summed E-state index contributed by atoms with van der Waals surface area (Å²) in [5, 5.41) is 0.490. The average molecular weight is 197 g/mol. The minimum atomic E-state index is 0.0779. The zero-order valence-electron chi connectivity index (χ0n) is 7.25. The van der Waals surface area contributed by atoms with Crippen LogP contribution >= 0.6 is 11.6 Å². The van der Waals surface area contributed by atoms with Crippen molar-refractivity contribution in [2.24, 2.45) is 0 Å². The molecular weight excluding hydrogens is 188 g/mol. The highest BCUT2D eigenvalue weighted by Gasteiger charge is 2.21. The highest BCUT2D eigenvalue weighted by atomic mass is 35.5. The van der Waals surface area contributed by atoms with Crippen LogP contribution in [0.15, 0.2) is 12.1 Å². The van der Waals surface area contributed by atoms with Crippen molar-refractivity contribution in [2.45, 2.75) is 20.0 Å². The summed E-state index contributed by atoms with van der Waals surface area (Å²) in [6.07, 6.45) is 0. The third kappa shape index (κ3) is 1.52. The molecule has 0 saturated heterocycles. The molecule has 2 rings (SSSR count). The predicted molar refractivity (Wildman–Crippen MR) is 49.2 cm³/mol. The number of carbonyl (C=O) groups excluding carboxylic acids is 1. The fourth-order valence-electron chi connectivity index (χ4n) is 1.45. The molecule has 3 nitrogen and oxygen atoms in total. The Morgan fingerprint density at radius 1 is 1.54 bits per heavy atom. The van der Waals surface area contributed by atoms with Gasteiger partial charge in [0.25, 0.3) is 0 Å². The maximum absolute atomic E-state index is 11.1. The van der Waals surface area contributed by atoms with Crippen molar-refractivity contribution < 1.29 is 4.79 Å². The Balaban J connectivity index is 2.30. The molecule has 68 valence electrons. The van der Waals surface area contributed by atoms with Gasteiger partial charge in [-0.25, -0.2) is 4.98 Å². The van der Waals surface area contributed by atoms with E-state index in [0.29, 0.717) is 18.2 Å². The van der Waals surface area contributed by atoms with Gasteiger partial charge in [0.15, 0.2) is 0 Å². The molecule has 0 radical (unpaired) electrons. The van der Waals surface area contributed by atoms with Crippen LogP contribution in [0, 0.1) is 0 Å². The first kappa shape index (κ1) is 8.51. The maximum atomic E-state index is 11.1. The molecule has 0 unspecified atom stereocenters. The third-order valence-corrected chi connectivity index (χ3v) is 2.39. The lowest BCUT2D eigenvalue weighted by atomic mass is 10.2. The standard InChI is InChI=1S/C9H9ClN2O/c1-6(13)12-4-7-2-3-9(10)11-8(7)5-12/h2-3H,4-5H2,1H3. The molecule has 0 N–H and O–H groups in total. The summed E-state index contributed by atoms with van der Waals surface area (Å²) in [6, 6.07) is 3.68. The van der Waals surface area contributed by atoms with E-state index < -0.39 is 0 Å². The normalized spacial score (nSPS) is 14.5. The second kappa shape index (κ2) is 3.00. The zero-order chi connectivity index (χ0) is 9.42. The number of aromatic nitrogens is 1. The largest absolute Gasteiger partial charge is 0.333 e. The summed E-state index contributed by atoms with van der Waals surface area (Å²) in [7, 11) is 0. The first-order chi connectivity index (χ1) is 6.16. The van der Waals surface area contributed by atoms with Crippen LogP contribution in [-0.2, 0) is 17.9 Å². The predicted octanol–water partition coefficient (Wildman–Crippen LogP) is 1.60. The topological polar surface area (TPSA) is 33.2 Å². The lowest BCUT2D eigenvalue weighted by Crippen LogP contribution is -2.21. The fraction of sp³-hybridized carbons (Fsp3) is 0.333. The molecule has 4 heteroatoms. The summed E-state index contributed by atoms with van der Waals surface area (Å²) >= 11 is 5.74. The minimum Gasteiger partial charge on any atom is -0.333 e. The van der Waals surface area contributed by atoms with E-state index in [2.05, 4.69) is 4.98 Å². The third-order valence-electron chi connectivity index (χ3n) is 2.18. The van der Waals surface area contributed by atoms with E-state index in [1.54, 1.807) is 17.9 Å². The number of amides is 1. The molecule has 0 aromatic carbocycles. The van der Waals surface area contributed by atoms with Crippen molar-refractivity contribution in [2.75, 3.05) is 0 Å². The lowest BCUT2D eigenvalue weighted by molar-refractivity contribution is -0.129. The van der Waals surface area contributed by atoms with E-state index in [9.17, 15) is 4.79 Å². The molecule has 1 aromatic rings. The number of rotatable bonds is 0. The van der Waals surface area contributed by atoms with Crippen molar-refractivity contribution in [3.63, 3.8) is 0 Å². The summed E-state index contributed by atoms with van der Waals surface area (Å²) in [4.78, 5) is 17.0. The van der Waals surface area contributed by atoms with Gasteiger partial charge in [-0.15, -0.1) is 0 Å². The number of nitrogens with zero attached hydrogens (tertiary/aromatic N) is 2. The van der Waals surface area contributed by atoms with Crippen LogP contribution in [0.2, 0.25) is 5.15 Å². The first-order valence-corrected chi connectivity index (χ1v) is 4.44. The number of carbonyl (C=O) groups is 1. The van der Waals surface area contributed by atoms with Gasteiger partial charge in [0, 0.05) is 13.5 Å². The molecule has 2 heterocycles. The van der Waals surface area contributed by atoms with Crippen molar-refractivity contribution in [1.29, 1.82) is 0 Å². The molecule has 0 atom stereocenters. The average Bonchev–Trinajstić information content (AvgIpc) is 2.46. The van der Waals surface area contributed by atoms with Gasteiger partial charge in [-0.2, -0.15) is 0 Å². The number of pyridine rings is 1. The molecule has 1 aliphatic heterocycles. The van der Waals surface area contributed by atoms with Gasteiger partial charge in [0.1, 0.15) is 5.15 Å². The second-order valence-electron chi connectivity index (χ2n) is 3.11. The van der Waals surface area contributed by atoms with Gasteiger partial charge < -0.3 is 4.90 Å². The van der Waals surface area contributed by atoms with Gasteiger partial charge in [0.2, 0.25) is 5.91 Å². The van der Waals surface area contributed by atoms with Gasteiger partial charge in [-0.05, 0) is 11.6 Å². The summed E-state index contributed by atoms with van der Waals surface area (Å²) in [5.41, 5.74) is 2.02. The molecule has 0 spiro atoms. The molecule has 0 bridgehead atoms. The summed E-state index contributed by atoms with van der Waals surface area (Å²) in [5.74, 6) is 0.0779. The van der Waals surface area contributed by atoms with Crippen molar-refractivity contribution >= 4 is 17.5 Å². The monoisotopic (exact) mass is 196 g/mol. The van der Waals surface area contributed by atoms with Crippen LogP contribution in [0.1, 0.15) is 18.2 Å². The number of fused-ring (bicyclic) bond motifs is 1. The Labute approximate surface area is 81.3 Å². The molecule has 0 saturated carbocycles. The number of halogens is 1. The van der Waals surface area contributed by atoms with Crippen LogP contribution in [0.25, 0.3) is 0 Å². The van der Waals surface area contributed by atoms with E-state index in [4.69, 9.17) is 11.6 Å². The molecular formula is C9H9ClN2O. The summed E-state index contributed by atoms with van der Waals surface area (Å²) < 4.78 is 0. The van der Waals surface area contributed by atoms with Gasteiger partial charge in [0.05, 0.1) is 12.2 Å². The number of hydrogen-bond acceptors (Lipinski definition) is 2. The van der Waals surface area contributed by atoms with Gasteiger partial charge >= 0.3 is 0 Å². The molecule has 0 aliphatic carbocycles. The fourth-order valence-corrected chi connectivity index (χ4v) is 1.61. The van der Waals surface area contributed by atoms with Crippen LogP contribution in [0.4, 0.5) is 0 Å². The van der Waals surface area contributed by atoms with Crippen LogP contribution < -0.4 is 0 Å². The first-order valence-electron chi connectivity index (χ1n) is 4.06. The zero-order valence-corrected chi connectivity index (χ0v) is 8.01. The highest BCUT2D eigenvalue weighted by Crippen LogP contribution is 2.22. The Morgan fingerprint density at radius 3 is 3.00 bits per heavy atom. The highest BCUT2D eigenvalue weighted by molar-refractivity contribution is 6.29. The molecule has 0 fully saturated rings. The smallest absolute Gasteiger partial charge is 0.220 e. The van der Waals surface area contributed by atoms with Crippen molar-refractivity contribution in [3.8, 4) is 0 Å². The van der Waals surface area contributed by atoms with Gasteiger partial charge in [-0.1, -0.05) is 17.7 Å². The quantitative estimate of drug-likeness (QED) is 0.591.